The van der Waals surface area contributed by atoms with Crippen LogP contribution in [0.1, 0.15) is 22.3 Å². The molecule has 1 heterocycles. The third kappa shape index (κ3) is 2.33. The van der Waals surface area contributed by atoms with Gasteiger partial charge < -0.3 is 15.8 Å². The number of ether oxygens (including phenoxy) is 1. The van der Waals surface area contributed by atoms with E-state index >= 15 is 0 Å². The highest BCUT2D eigenvalue weighted by molar-refractivity contribution is 5.99. The lowest BCUT2D eigenvalue weighted by Crippen LogP contribution is -2.35. The van der Waals surface area contributed by atoms with Crippen molar-refractivity contribution < 1.29 is 9.53 Å². The number of nitrogen functional groups attached to an aromatic ring is 1. The normalized spacial score (nSPS) is 19.7. The van der Waals surface area contributed by atoms with Crippen LogP contribution in [0, 0.1) is 6.92 Å². The van der Waals surface area contributed by atoms with Crippen LogP contribution in [0.25, 0.3) is 0 Å². The maximum atomic E-state index is 11.9. The lowest BCUT2D eigenvalue weighted by molar-refractivity contribution is 0.0930. The molecule has 0 spiro atoms. The molecule has 1 aliphatic rings. The van der Waals surface area contributed by atoms with E-state index in [2.05, 4.69) is 5.32 Å². The maximum absolute atomic E-state index is 11.9. The van der Waals surface area contributed by atoms with Gasteiger partial charge in [0.15, 0.2) is 0 Å². The van der Waals surface area contributed by atoms with Crippen molar-refractivity contribution in [2.24, 2.45) is 0 Å². The fourth-order valence-corrected chi connectivity index (χ4v) is 1.78. The van der Waals surface area contributed by atoms with Crippen molar-refractivity contribution in [1.29, 1.82) is 0 Å². The summed E-state index contributed by atoms with van der Waals surface area (Å²) >= 11 is 0. The molecular weight excluding hydrogens is 204 g/mol. The van der Waals surface area contributed by atoms with Crippen LogP contribution in [-0.4, -0.2) is 25.2 Å². The van der Waals surface area contributed by atoms with Crippen LogP contribution < -0.4 is 11.1 Å². The molecule has 16 heavy (non-hydrogen) atoms. The van der Waals surface area contributed by atoms with E-state index < -0.39 is 0 Å². The summed E-state index contributed by atoms with van der Waals surface area (Å²) < 4.78 is 5.20. The van der Waals surface area contributed by atoms with Crippen molar-refractivity contribution in [3.8, 4) is 0 Å². The Balaban J connectivity index is 2.10. The second kappa shape index (κ2) is 4.53. The average molecular weight is 220 g/mol. The van der Waals surface area contributed by atoms with Gasteiger partial charge in [-0.05, 0) is 25.5 Å². The molecular formula is C12H16N2O2. The molecule has 1 fully saturated rings. The van der Waals surface area contributed by atoms with Crippen molar-refractivity contribution in [3.05, 3.63) is 29.3 Å². The summed E-state index contributed by atoms with van der Waals surface area (Å²) in [4.78, 5) is 11.9. The van der Waals surface area contributed by atoms with Gasteiger partial charge in [0, 0.05) is 12.3 Å². The summed E-state index contributed by atoms with van der Waals surface area (Å²) in [5.41, 5.74) is 7.87. The van der Waals surface area contributed by atoms with Crippen LogP contribution in [0.2, 0.25) is 0 Å². The zero-order chi connectivity index (χ0) is 11.5. The van der Waals surface area contributed by atoms with Gasteiger partial charge >= 0.3 is 0 Å². The van der Waals surface area contributed by atoms with Crippen molar-refractivity contribution in [3.63, 3.8) is 0 Å². The number of carbonyl (C=O) groups is 1. The Morgan fingerprint density at radius 2 is 2.38 bits per heavy atom. The van der Waals surface area contributed by atoms with Crippen LogP contribution in [0.5, 0.6) is 0 Å². The minimum atomic E-state index is -0.114. The standard InChI is InChI=1S/C12H16N2O2/c1-8-2-3-11(13)10(6-8)12(15)14-9-4-5-16-7-9/h2-3,6,9H,4-5,7,13H2,1H3,(H,14,15). The number of rotatable bonds is 2. The van der Waals surface area contributed by atoms with Crippen LogP contribution >= 0.6 is 0 Å². The van der Waals surface area contributed by atoms with Gasteiger partial charge in [-0.3, -0.25) is 4.79 Å². The molecule has 0 aromatic heterocycles. The molecule has 0 aliphatic carbocycles. The van der Waals surface area contributed by atoms with Crippen LogP contribution in [0.3, 0.4) is 0 Å². The highest BCUT2D eigenvalue weighted by Crippen LogP contribution is 2.14. The Hall–Kier alpha value is -1.55. The first-order valence-corrected chi connectivity index (χ1v) is 5.41. The zero-order valence-electron chi connectivity index (χ0n) is 9.32. The smallest absolute Gasteiger partial charge is 0.253 e. The van der Waals surface area contributed by atoms with E-state index in [0.717, 1.165) is 12.0 Å². The Bertz CT molecular complexity index is 398. The van der Waals surface area contributed by atoms with Crippen molar-refractivity contribution in [2.45, 2.75) is 19.4 Å². The number of nitrogens with one attached hydrogen (secondary N) is 1. The van der Waals surface area contributed by atoms with Gasteiger partial charge in [0.05, 0.1) is 18.2 Å². The SMILES string of the molecule is Cc1ccc(N)c(C(=O)NC2CCOC2)c1. The number of hydrogen-bond donors (Lipinski definition) is 2. The highest BCUT2D eigenvalue weighted by atomic mass is 16.5. The predicted octanol–water partition coefficient (Wildman–Crippen LogP) is 1.10. The molecule has 0 saturated carbocycles. The molecule has 1 aliphatic heterocycles. The first kappa shape index (κ1) is 11.0. The molecule has 1 unspecified atom stereocenters. The minimum absolute atomic E-state index is 0.114. The predicted molar refractivity (Wildman–Crippen MR) is 62.3 cm³/mol. The maximum Gasteiger partial charge on any atom is 0.253 e. The number of nitrogens with two attached hydrogens (primary N) is 1. The molecule has 3 N–H and O–H groups in total. The summed E-state index contributed by atoms with van der Waals surface area (Å²) in [7, 11) is 0. The molecule has 4 heteroatoms. The number of aryl methyl sites for hydroxylation is 1. The van der Waals surface area contributed by atoms with Crippen LogP contribution in [0.15, 0.2) is 18.2 Å². The fraction of sp³-hybridized carbons (Fsp3) is 0.417. The molecule has 1 aromatic carbocycles. The Morgan fingerprint density at radius 3 is 3.06 bits per heavy atom. The molecule has 0 bridgehead atoms. The number of amides is 1. The van der Waals surface area contributed by atoms with Crippen molar-refractivity contribution >= 4 is 11.6 Å². The van der Waals surface area contributed by atoms with Gasteiger partial charge in [0.25, 0.3) is 5.91 Å². The van der Waals surface area contributed by atoms with E-state index in [-0.39, 0.29) is 11.9 Å². The summed E-state index contributed by atoms with van der Waals surface area (Å²) in [5.74, 6) is -0.114. The Morgan fingerprint density at radius 1 is 1.56 bits per heavy atom. The number of carbonyl (C=O) groups excluding carboxylic acids is 1. The quantitative estimate of drug-likeness (QED) is 0.733. The van der Waals surface area contributed by atoms with E-state index in [1.165, 1.54) is 0 Å². The monoisotopic (exact) mass is 220 g/mol. The summed E-state index contributed by atoms with van der Waals surface area (Å²) in [5, 5.41) is 2.92. The molecule has 0 radical (unpaired) electrons. The Kier molecular flexibility index (Phi) is 3.10. The summed E-state index contributed by atoms with van der Waals surface area (Å²) in [6, 6.07) is 5.58. The first-order chi connectivity index (χ1) is 7.66. The number of hydrogen-bond acceptors (Lipinski definition) is 3. The van der Waals surface area contributed by atoms with Crippen LogP contribution in [-0.2, 0) is 4.74 Å². The van der Waals surface area contributed by atoms with Gasteiger partial charge in [-0.2, -0.15) is 0 Å². The lowest BCUT2D eigenvalue weighted by atomic mass is 10.1. The van der Waals surface area contributed by atoms with Crippen LogP contribution in [0.4, 0.5) is 5.69 Å². The molecule has 2 rings (SSSR count). The van der Waals surface area contributed by atoms with E-state index in [1.807, 2.05) is 13.0 Å². The second-order valence-electron chi connectivity index (χ2n) is 4.12. The molecule has 1 aromatic rings. The lowest BCUT2D eigenvalue weighted by Gasteiger charge is -2.12. The second-order valence-corrected chi connectivity index (χ2v) is 4.12. The van der Waals surface area contributed by atoms with E-state index in [0.29, 0.717) is 24.5 Å². The average Bonchev–Trinajstić information content (AvgIpc) is 2.74. The van der Waals surface area contributed by atoms with Gasteiger partial charge in [-0.1, -0.05) is 11.6 Å². The van der Waals surface area contributed by atoms with Crippen molar-refractivity contribution in [2.75, 3.05) is 18.9 Å². The molecule has 1 amide bonds. The number of benzene rings is 1. The van der Waals surface area contributed by atoms with E-state index in [4.69, 9.17) is 10.5 Å². The Labute approximate surface area is 94.8 Å². The largest absolute Gasteiger partial charge is 0.398 e. The molecule has 4 nitrogen and oxygen atoms in total. The molecule has 1 saturated heterocycles. The molecule has 86 valence electrons. The first-order valence-electron chi connectivity index (χ1n) is 5.41. The third-order valence-electron chi connectivity index (χ3n) is 2.72. The molecule has 1 atom stereocenters. The summed E-state index contributed by atoms with van der Waals surface area (Å²) in [6.45, 7) is 3.25. The minimum Gasteiger partial charge on any atom is -0.398 e. The topological polar surface area (TPSA) is 64.4 Å². The van der Waals surface area contributed by atoms with E-state index in [1.54, 1.807) is 12.1 Å². The number of anilines is 1. The third-order valence-corrected chi connectivity index (χ3v) is 2.72. The summed E-state index contributed by atoms with van der Waals surface area (Å²) in [6.07, 6.45) is 0.872. The van der Waals surface area contributed by atoms with Crippen molar-refractivity contribution in [1.82, 2.24) is 5.32 Å². The van der Waals surface area contributed by atoms with Gasteiger partial charge in [-0.15, -0.1) is 0 Å². The zero-order valence-corrected chi connectivity index (χ0v) is 9.32. The van der Waals surface area contributed by atoms with Gasteiger partial charge in [-0.25, -0.2) is 0 Å². The van der Waals surface area contributed by atoms with Gasteiger partial charge in [0.2, 0.25) is 0 Å². The van der Waals surface area contributed by atoms with E-state index in [9.17, 15) is 4.79 Å². The highest BCUT2D eigenvalue weighted by Gasteiger charge is 2.19. The van der Waals surface area contributed by atoms with Gasteiger partial charge in [0.1, 0.15) is 0 Å². The fourth-order valence-electron chi connectivity index (χ4n) is 1.78.